The van der Waals surface area contributed by atoms with Gasteiger partial charge in [-0.1, -0.05) is 0 Å². The second-order valence-electron chi connectivity index (χ2n) is 3.80. The highest BCUT2D eigenvalue weighted by Gasteiger charge is 2.07. The van der Waals surface area contributed by atoms with Crippen LogP contribution in [0.4, 0.5) is 0 Å². The van der Waals surface area contributed by atoms with Gasteiger partial charge in [-0.15, -0.1) is 0 Å². The highest BCUT2D eigenvalue weighted by molar-refractivity contribution is 5.80. The number of nitrogens with zero attached hydrogens (tertiary/aromatic N) is 1. The molecule has 0 aromatic carbocycles. The van der Waals surface area contributed by atoms with E-state index in [9.17, 15) is 9.59 Å². The van der Waals surface area contributed by atoms with E-state index < -0.39 is 5.63 Å². The molecule has 0 bridgehead atoms. The van der Waals surface area contributed by atoms with Gasteiger partial charge >= 0.3 is 5.63 Å². The van der Waals surface area contributed by atoms with Gasteiger partial charge in [0.25, 0.3) is 5.56 Å². The Labute approximate surface area is 101 Å². The molecule has 0 radical (unpaired) electrons. The maximum Gasteiger partial charge on any atom is 0.344 e. The van der Waals surface area contributed by atoms with E-state index in [0.29, 0.717) is 10.9 Å². The van der Waals surface area contributed by atoms with Crippen LogP contribution in [0, 0.1) is 0 Å². The summed E-state index contributed by atoms with van der Waals surface area (Å²) < 4.78 is 5.13. The summed E-state index contributed by atoms with van der Waals surface area (Å²) in [5.74, 6) is 0. The molecule has 0 aliphatic carbocycles. The van der Waals surface area contributed by atoms with Crippen LogP contribution in [0.2, 0.25) is 0 Å². The molecule has 0 fully saturated rings. The molecule has 18 heavy (non-hydrogen) atoms. The van der Waals surface area contributed by atoms with Gasteiger partial charge in [0.2, 0.25) is 0 Å². The molecule has 0 amide bonds. The first-order chi connectivity index (χ1) is 8.74. The van der Waals surface area contributed by atoms with Gasteiger partial charge in [-0.05, 0) is 23.8 Å². The van der Waals surface area contributed by atoms with E-state index in [2.05, 4.69) is 9.97 Å². The zero-order valence-corrected chi connectivity index (χ0v) is 9.21. The summed E-state index contributed by atoms with van der Waals surface area (Å²) in [6, 6.07) is 6.40. The summed E-state index contributed by atoms with van der Waals surface area (Å²) in [5.41, 5.74) is 0.673. The molecule has 0 aliphatic rings. The molecule has 5 nitrogen and oxygen atoms in total. The summed E-state index contributed by atoms with van der Waals surface area (Å²) >= 11 is 0. The highest BCUT2D eigenvalue weighted by Crippen LogP contribution is 2.18. The molecule has 0 saturated carbocycles. The molecule has 5 heteroatoms. The van der Waals surface area contributed by atoms with Crippen molar-refractivity contribution < 1.29 is 4.42 Å². The van der Waals surface area contributed by atoms with Crippen LogP contribution in [0.3, 0.4) is 0 Å². The number of nitrogens with one attached hydrogen (secondary N) is 1. The Morgan fingerprint density at radius 3 is 2.67 bits per heavy atom. The number of H-pyrrole nitrogens is 1. The lowest BCUT2D eigenvalue weighted by molar-refractivity contribution is 0.562. The SMILES string of the molecule is O=c1cc2oc(=O)c(-c3ccncc3)cc2c[nH]1. The molecule has 0 aliphatic heterocycles. The molecule has 1 N–H and O–H groups in total. The molecule has 3 heterocycles. The fourth-order valence-electron chi connectivity index (χ4n) is 1.77. The fraction of sp³-hybridized carbons (Fsp3) is 0. The van der Waals surface area contributed by atoms with Crippen LogP contribution in [0.1, 0.15) is 0 Å². The Balaban J connectivity index is 2.32. The first-order valence-corrected chi connectivity index (χ1v) is 5.31. The van der Waals surface area contributed by atoms with Crippen LogP contribution in [-0.2, 0) is 0 Å². The minimum atomic E-state index is -0.473. The first-order valence-electron chi connectivity index (χ1n) is 5.31. The van der Waals surface area contributed by atoms with Crippen molar-refractivity contribution in [3.05, 3.63) is 63.6 Å². The van der Waals surface area contributed by atoms with E-state index in [4.69, 9.17) is 4.42 Å². The van der Waals surface area contributed by atoms with Gasteiger partial charge in [0.1, 0.15) is 5.58 Å². The molecule has 0 atom stereocenters. The summed E-state index contributed by atoms with van der Waals surface area (Å²) in [5, 5.41) is 0.668. The van der Waals surface area contributed by atoms with Gasteiger partial charge < -0.3 is 9.40 Å². The lowest BCUT2D eigenvalue weighted by Gasteiger charge is -2.01. The van der Waals surface area contributed by atoms with E-state index in [1.165, 1.54) is 12.3 Å². The average Bonchev–Trinajstić information content (AvgIpc) is 2.39. The van der Waals surface area contributed by atoms with Gasteiger partial charge in [-0.3, -0.25) is 9.78 Å². The van der Waals surface area contributed by atoms with Crippen molar-refractivity contribution in [1.82, 2.24) is 9.97 Å². The Bertz CT molecular complexity index is 819. The van der Waals surface area contributed by atoms with Crippen LogP contribution < -0.4 is 11.2 Å². The van der Waals surface area contributed by atoms with Crippen molar-refractivity contribution in [1.29, 1.82) is 0 Å². The predicted molar refractivity (Wildman–Crippen MR) is 66.3 cm³/mol. The molecule has 0 saturated heterocycles. The number of hydrogen-bond donors (Lipinski definition) is 1. The maximum atomic E-state index is 11.8. The normalized spacial score (nSPS) is 10.7. The lowest BCUT2D eigenvalue weighted by Crippen LogP contribution is -2.06. The molecule has 0 spiro atoms. The third-order valence-corrected chi connectivity index (χ3v) is 2.63. The zero-order valence-electron chi connectivity index (χ0n) is 9.21. The van der Waals surface area contributed by atoms with Gasteiger partial charge in [0, 0.05) is 30.0 Å². The summed E-state index contributed by atoms with van der Waals surface area (Å²) in [6.45, 7) is 0. The van der Waals surface area contributed by atoms with Crippen LogP contribution in [0.15, 0.2) is 56.9 Å². The zero-order chi connectivity index (χ0) is 12.5. The minimum absolute atomic E-state index is 0.279. The topological polar surface area (TPSA) is 76.0 Å². The van der Waals surface area contributed by atoms with Crippen molar-refractivity contribution in [2.45, 2.75) is 0 Å². The van der Waals surface area contributed by atoms with E-state index >= 15 is 0 Å². The van der Waals surface area contributed by atoms with Crippen LogP contribution in [0.25, 0.3) is 22.1 Å². The third-order valence-electron chi connectivity index (χ3n) is 2.63. The van der Waals surface area contributed by atoms with E-state index in [0.717, 1.165) is 5.56 Å². The molecule has 88 valence electrons. The number of pyridine rings is 2. The Morgan fingerprint density at radius 2 is 1.89 bits per heavy atom. The second-order valence-corrected chi connectivity index (χ2v) is 3.80. The molecule has 0 unspecified atom stereocenters. The molecular formula is C13H8N2O3. The van der Waals surface area contributed by atoms with Crippen molar-refractivity contribution in [3.8, 4) is 11.1 Å². The largest absolute Gasteiger partial charge is 0.422 e. The molecule has 3 aromatic heterocycles. The fourth-order valence-corrected chi connectivity index (χ4v) is 1.77. The van der Waals surface area contributed by atoms with Crippen LogP contribution in [0.5, 0.6) is 0 Å². The lowest BCUT2D eigenvalue weighted by atomic mass is 10.1. The summed E-state index contributed by atoms with van der Waals surface area (Å²) in [7, 11) is 0. The Hall–Kier alpha value is -2.69. The summed E-state index contributed by atoms with van der Waals surface area (Å²) in [6.07, 6.45) is 4.73. The monoisotopic (exact) mass is 240 g/mol. The van der Waals surface area contributed by atoms with Crippen LogP contribution in [-0.4, -0.2) is 9.97 Å². The van der Waals surface area contributed by atoms with E-state index in [1.54, 1.807) is 30.6 Å². The molecule has 3 rings (SSSR count). The number of aromatic nitrogens is 2. The van der Waals surface area contributed by atoms with Crippen molar-refractivity contribution in [2.75, 3.05) is 0 Å². The van der Waals surface area contributed by atoms with Crippen molar-refractivity contribution in [3.63, 3.8) is 0 Å². The minimum Gasteiger partial charge on any atom is -0.422 e. The number of rotatable bonds is 1. The standard InChI is InChI=1S/C13H8N2O3/c16-12-6-11-9(7-15-12)5-10(13(17)18-11)8-1-3-14-4-2-8/h1-7H,(H,15,16). The van der Waals surface area contributed by atoms with Gasteiger partial charge in [-0.25, -0.2) is 4.79 Å². The average molecular weight is 240 g/mol. The summed E-state index contributed by atoms with van der Waals surface area (Å²) in [4.78, 5) is 29.4. The number of aromatic amines is 1. The molecule has 3 aromatic rings. The maximum absolute atomic E-state index is 11.8. The quantitative estimate of drug-likeness (QED) is 0.700. The number of fused-ring (bicyclic) bond motifs is 1. The van der Waals surface area contributed by atoms with Gasteiger partial charge in [-0.2, -0.15) is 0 Å². The molecular weight excluding hydrogens is 232 g/mol. The van der Waals surface area contributed by atoms with Crippen molar-refractivity contribution >= 4 is 11.0 Å². The van der Waals surface area contributed by atoms with Crippen molar-refractivity contribution in [2.24, 2.45) is 0 Å². The van der Waals surface area contributed by atoms with Gasteiger partial charge in [0.15, 0.2) is 0 Å². The Morgan fingerprint density at radius 1 is 1.11 bits per heavy atom. The van der Waals surface area contributed by atoms with E-state index in [-0.39, 0.29) is 11.1 Å². The van der Waals surface area contributed by atoms with Gasteiger partial charge in [0.05, 0.1) is 5.56 Å². The van der Waals surface area contributed by atoms with E-state index in [1.807, 2.05) is 0 Å². The predicted octanol–water partition coefficient (Wildman–Crippen LogP) is 1.54. The van der Waals surface area contributed by atoms with Crippen LogP contribution >= 0.6 is 0 Å². The first kappa shape index (κ1) is 10.5. The Kier molecular flexibility index (Phi) is 2.30. The number of hydrogen-bond acceptors (Lipinski definition) is 4. The smallest absolute Gasteiger partial charge is 0.344 e. The third kappa shape index (κ3) is 1.71. The highest BCUT2D eigenvalue weighted by atomic mass is 16.4. The second kappa shape index (κ2) is 3.96.